The average molecular weight is 344 g/mol. The number of nitrogens with zero attached hydrogens (tertiary/aromatic N) is 1. The Morgan fingerprint density at radius 2 is 2.12 bits per heavy atom. The summed E-state index contributed by atoms with van der Waals surface area (Å²) < 4.78 is 5.23. The number of rotatable bonds is 4. The lowest BCUT2D eigenvalue weighted by Crippen LogP contribution is -2.15. The van der Waals surface area contributed by atoms with E-state index in [1.807, 2.05) is 0 Å². The maximum atomic E-state index is 12.4. The number of aryl methyl sites for hydroxylation is 1. The van der Waals surface area contributed by atoms with Gasteiger partial charge in [-0.15, -0.1) is 11.3 Å². The van der Waals surface area contributed by atoms with Crippen molar-refractivity contribution < 1.29 is 14.3 Å². The molecule has 0 fully saturated rings. The number of nitrogens with one attached hydrogen (secondary N) is 1. The monoisotopic (exact) mass is 344 g/mol. The highest BCUT2D eigenvalue weighted by Gasteiger charge is 2.26. The van der Waals surface area contributed by atoms with Crippen LogP contribution >= 0.6 is 11.3 Å². The maximum Gasteiger partial charge on any atom is 0.341 e. The Kier molecular flexibility index (Phi) is 5.25. The van der Waals surface area contributed by atoms with Gasteiger partial charge in [-0.3, -0.25) is 9.78 Å². The molecule has 126 valence electrons. The Hall–Kier alpha value is -2.21. The summed E-state index contributed by atoms with van der Waals surface area (Å²) in [5, 5.41) is 3.47. The SMILES string of the molecule is CCOC(=O)c1c(NC(=O)c2cccnc2)sc2c1CCCCC2. The summed E-state index contributed by atoms with van der Waals surface area (Å²) in [6.07, 6.45) is 8.29. The van der Waals surface area contributed by atoms with Gasteiger partial charge in [0.05, 0.1) is 17.7 Å². The smallest absolute Gasteiger partial charge is 0.341 e. The Morgan fingerprint density at radius 1 is 1.29 bits per heavy atom. The Labute approximate surface area is 145 Å². The van der Waals surface area contributed by atoms with Crippen molar-refractivity contribution in [1.29, 1.82) is 0 Å². The summed E-state index contributed by atoms with van der Waals surface area (Å²) in [5.74, 6) is -0.608. The van der Waals surface area contributed by atoms with Crippen LogP contribution in [0.25, 0.3) is 0 Å². The van der Waals surface area contributed by atoms with Crippen molar-refractivity contribution in [2.75, 3.05) is 11.9 Å². The second kappa shape index (κ2) is 7.57. The van der Waals surface area contributed by atoms with Crippen molar-refractivity contribution in [2.45, 2.75) is 39.0 Å². The fourth-order valence-corrected chi connectivity index (χ4v) is 4.19. The summed E-state index contributed by atoms with van der Waals surface area (Å²) >= 11 is 1.50. The molecule has 2 aromatic heterocycles. The van der Waals surface area contributed by atoms with E-state index >= 15 is 0 Å². The normalized spacial score (nSPS) is 13.7. The predicted octanol–water partition coefficient (Wildman–Crippen LogP) is 3.84. The van der Waals surface area contributed by atoms with Crippen LogP contribution in [0.15, 0.2) is 24.5 Å². The second-order valence-corrected chi connectivity index (χ2v) is 6.79. The molecule has 0 aromatic carbocycles. The Morgan fingerprint density at radius 3 is 2.88 bits per heavy atom. The molecule has 1 aliphatic rings. The topological polar surface area (TPSA) is 68.3 Å². The molecule has 24 heavy (non-hydrogen) atoms. The molecular weight excluding hydrogens is 324 g/mol. The highest BCUT2D eigenvalue weighted by molar-refractivity contribution is 7.17. The first-order chi connectivity index (χ1) is 11.7. The molecule has 6 heteroatoms. The summed E-state index contributed by atoms with van der Waals surface area (Å²) in [5.41, 5.74) is 2.06. The molecule has 2 heterocycles. The Bertz CT molecular complexity index is 740. The summed E-state index contributed by atoms with van der Waals surface area (Å²) in [6, 6.07) is 3.41. The van der Waals surface area contributed by atoms with Crippen LogP contribution < -0.4 is 5.32 Å². The van der Waals surface area contributed by atoms with Crippen LogP contribution in [0.3, 0.4) is 0 Å². The van der Waals surface area contributed by atoms with Crippen molar-refractivity contribution in [3.05, 3.63) is 46.1 Å². The molecule has 0 saturated carbocycles. The lowest BCUT2D eigenvalue weighted by atomic mass is 10.1. The van der Waals surface area contributed by atoms with E-state index in [0.29, 0.717) is 22.7 Å². The minimum atomic E-state index is -0.349. The highest BCUT2D eigenvalue weighted by atomic mass is 32.1. The molecule has 0 unspecified atom stereocenters. The lowest BCUT2D eigenvalue weighted by molar-refractivity contribution is 0.0527. The van der Waals surface area contributed by atoms with Gasteiger partial charge in [0.15, 0.2) is 0 Å². The zero-order chi connectivity index (χ0) is 16.9. The van der Waals surface area contributed by atoms with E-state index in [1.54, 1.807) is 25.3 Å². The molecule has 1 N–H and O–H groups in total. The molecule has 5 nitrogen and oxygen atoms in total. The molecule has 3 rings (SSSR count). The van der Waals surface area contributed by atoms with Gasteiger partial charge in [0.25, 0.3) is 5.91 Å². The van der Waals surface area contributed by atoms with Gasteiger partial charge < -0.3 is 10.1 Å². The number of carbonyl (C=O) groups is 2. The number of pyridine rings is 1. The first-order valence-corrected chi connectivity index (χ1v) is 9.05. The fraction of sp³-hybridized carbons (Fsp3) is 0.389. The second-order valence-electron chi connectivity index (χ2n) is 5.68. The van der Waals surface area contributed by atoms with E-state index in [0.717, 1.165) is 31.2 Å². The molecule has 2 aromatic rings. The molecule has 0 bridgehead atoms. The number of fused-ring (bicyclic) bond motifs is 1. The third-order valence-corrected chi connectivity index (χ3v) is 5.26. The van der Waals surface area contributed by atoms with E-state index in [1.165, 1.54) is 28.8 Å². The minimum absolute atomic E-state index is 0.259. The van der Waals surface area contributed by atoms with Crippen LogP contribution in [0.2, 0.25) is 0 Å². The molecule has 1 amide bonds. The number of esters is 1. The molecule has 0 spiro atoms. The predicted molar refractivity (Wildman–Crippen MR) is 93.7 cm³/mol. The number of aromatic nitrogens is 1. The number of carbonyl (C=O) groups excluding carboxylic acids is 2. The zero-order valence-corrected chi connectivity index (χ0v) is 14.4. The van der Waals surface area contributed by atoms with Gasteiger partial charge in [-0.1, -0.05) is 6.42 Å². The molecule has 0 atom stereocenters. The van der Waals surface area contributed by atoms with Crippen LogP contribution in [0.1, 0.15) is 57.3 Å². The van der Waals surface area contributed by atoms with Gasteiger partial charge in [0.2, 0.25) is 0 Å². The van der Waals surface area contributed by atoms with Gasteiger partial charge in [-0.25, -0.2) is 4.79 Å². The van der Waals surface area contributed by atoms with E-state index in [-0.39, 0.29) is 11.9 Å². The van der Waals surface area contributed by atoms with Crippen molar-refractivity contribution in [3.63, 3.8) is 0 Å². The zero-order valence-electron chi connectivity index (χ0n) is 13.6. The summed E-state index contributed by atoms with van der Waals surface area (Å²) in [4.78, 5) is 30.0. The molecule has 1 aliphatic carbocycles. The van der Waals surface area contributed by atoms with Gasteiger partial charge in [0, 0.05) is 17.3 Å². The van der Waals surface area contributed by atoms with Crippen LogP contribution in [0.5, 0.6) is 0 Å². The number of ether oxygens (including phenoxy) is 1. The highest BCUT2D eigenvalue weighted by Crippen LogP contribution is 2.38. The van der Waals surface area contributed by atoms with Crippen LogP contribution in [-0.4, -0.2) is 23.5 Å². The van der Waals surface area contributed by atoms with E-state index in [4.69, 9.17) is 4.74 Å². The largest absolute Gasteiger partial charge is 0.462 e. The first kappa shape index (κ1) is 16.6. The van der Waals surface area contributed by atoms with Gasteiger partial charge in [0.1, 0.15) is 5.00 Å². The quantitative estimate of drug-likeness (QED) is 0.676. The van der Waals surface area contributed by atoms with Crippen LogP contribution in [0.4, 0.5) is 5.00 Å². The summed E-state index contributed by atoms with van der Waals surface area (Å²) in [7, 11) is 0. The minimum Gasteiger partial charge on any atom is -0.462 e. The van der Waals surface area contributed by atoms with Crippen molar-refractivity contribution in [2.24, 2.45) is 0 Å². The first-order valence-electron chi connectivity index (χ1n) is 8.23. The molecular formula is C18H20N2O3S. The third-order valence-electron chi connectivity index (χ3n) is 4.05. The number of hydrogen-bond acceptors (Lipinski definition) is 5. The van der Waals surface area contributed by atoms with E-state index < -0.39 is 0 Å². The summed E-state index contributed by atoms with van der Waals surface area (Å²) in [6.45, 7) is 2.11. The number of anilines is 1. The number of amides is 1. The Balaban J connectivity index is 1.94. The average Bonchev–Trinajstić information content (AvgIpc) is 2.76. The van der Waals surface area contributed by atoms with E-state index in [2.05, 4.69) is 10.3 Å². The van der Waals surface area contributed by atoms with Crippen molar-refractivity contribution >= 4 is 28.2 Å². The lowest BCUT2D eigenvalue weighted by Gasteiger charge is -2.08. The molecule has 0 aliphatic heterocycles. The van der Waals surface area contributed by atoms with Crippen molar-refractivity contribution in [3.8, 4) is 0 Å². The molecule has 0 radical (unpaired) electrons. The fourth-order valence-electron chi connectivity index (χ4n) is 2.92. The maximum absolute atomic E-state index is 12.4. The number of thiophene rings is 1. The van der Waals surface area contributed by atoms with Crippen LogP contribution in [-0.2, 0) is 17.6 Å². The third kappa shape index (κ3) is 3.48. The van der Waals surface area contributed by atoms with Crippen molar-refractivity contribution in [1.82, 2.24) is 4.98 Å². The van der Waals surface area contributed by atoms with Gasteiger partial charge >= 0.3 is 5.97 Å². The molecule has 0 saturated heterocycles. The standard InChI is InChI=1S/C18H20N2O3S/c1-2-23-18(22)15-13-8-4-3-5-9-14(13)24-17(15)20-16(21)12-7-6-10-19-11-12/h6-7,10-11H,2-5,8-9H2,1H3,(H,20,21). The number of hydrogen-bond donors (Lipinski definition) is 1. The van der Waals surface area contributed by atoms with E-state index in [9.17, 15) is 9.59 Å². The van der Waals surface area contributed by atoms with Gasteiger partial charge in [-0.2, -0.15) is 0 Å². The van der Waals surface area contributed by atoms with Gasteiger partial charge in [-0.05, 0) is 50.3 Å². The van der Waals surface area contributed by atoms with Crippen LogP contribution in [0, 0.1) is 0 Å².